The van der Waals surface area contributed by atoms with Crippen molar-refractivity contribution in [3.8, 4) is 0 Å². The van der Waals surface area contributed by atoms with Crippen LogP contribution in [0.3, 0.4) is 0 Å². The molecule has 0 fully saturated rings. The van der Waals surface area contributed by atoms with E-state index in [1.807, 2.05) is 0 Å². The fraction of sp³-hybridized carbons (Fsp3) is 0.455. The van der Waals surface area contributed by atoms with Crippen LogP contribution in [-0.4, -0.2) is 14.0 Å². The van der Waals surface area contributed by atoms with Crippen molar-refractivity contribution in [3.05, 3.63) is 27.7 Å². The quantitative estimate of drug-likeness (QED) is 0.909. The fourth-order valence-electron chi connectivity index (χ4n) is 1.38. The first kappa shape index (κ1) is 14.8. The summed E-state index contributed by atoms with van der Waals surface area (Å²) < 4.78 is 26.8. The molecule has 0 saturated heterocycles. The zero-order valence-corrected chi connectivity index (χ0v) is 12.5. The van der Waals surface area contributed by atoms with Gasteiger partial charge in [-0.15, -0.1) is 0 Å². The molecule has 0 amide bonds. The van der Waals surface area contributed by atoms with Gasteiger partial charge in [-0.05, 0) is 45.4 Å². The van der Waals surface area contributed by atoms with Crippen molar-refractivity contribution < 1.29 is 8.42 Å². The van der Waals surface area contributed by atoms with Crippen molar-refractivity contribution in [2.24, 2.45) is 0 Å². The van der Waals surface area contributed by atoms with E-state index in [2.05, 4.69) is 4.72 Å². The third kappa shape index (κ3) is 3.85. The van der Waals surface area contributed by atoms with E-state index >= 15 is 0 Å². The van der Waals surface area contributed by atoms with Gasteiger partial charge in [-0.3, -0.25) is 0 Å². The molecule has 1 aromatic carbocycles. The average Bonchev–Trinajstić information content (AvgIpc) is 2.06. The number of hydrogen-bond acceptors (Lipinski definition) is 2. The Bertz CT molecular complexity index is 533. The number of sulfonamides is 1. The van der Waals surface area contributed by atoms with Crippen molar-refractivity contribution in [2.45, 2.75) is 38.1 Å². The highest BCUT2D eigenvalue weighted by Gasteiger charge is 2.24. The van der Waals surface area contributed by atoms with Gasteiger partial charge in [0.2, 0.25) is 10.0 Å². The van der Waals surface area contributed by atoms with Gasteiger partial charge in [0.1, 0.15) is 0 Å². The summed E-state index contributed by atoms with van der Waals surface area (Å²) in [7, 11) is -3.58. The van der Waals surface area contributed by atoms with Crippen LogP contribution in [0.15, 0.2) is 17.0 Å². The van der Waals surface area contributed by atoms with Gasteiger partial charge in [-0.25, -0.2) is 13.1 Å². The van der Waals surface area contributed by atoms with E-state index in [1.54, 1.807) is 33.8 Å². The van der Waals surface area contributed by atoms with Crippen LogP contribution in [-0.2, 0) is 10.0 Å². The maximum atomic E-state index is 12.1. The van der Waals surface area contributed by atoms with Crippen molar-refractivity contribution in [1.82, 2.24) is 4.72 Å². The van der Waals surface area contributed by atoms with Crippen LogP contribution in [0, 0.1) is 6.92 Å². The molecule has 0 atom stereocenters. The maximum absolute atomic E-state index is 12.1. The van der Waals surface area contributed by atoms with Crippen molar-refractivity contribution >= 4 is 33.2 Å². The van der Waals surface area contributed by atoms with Crippen LogP contribution in [0.25, 0.3) is 0 Å². The third-order valence-electron chi connectivity index (χ3n) is 1.95. The van der Waals surface area contributed by atoms with E-state index in [0.29, 0.717) is 10.6 Å². The van der Waals surface area contributed by atoms with Gasteiger partial charge in [-0.1, -0.05) is 23.2 Å². The van der Waals surface area contributed by atoms with Crippen LogP contribution in [0.2, 0.25) is 10.0 Å². The van der Waals surface area contributed by atoms with Crippen LogP contribution in [0.5, 0.6) is 0 Å². The smallest absolute Gasteiger partial charge is 0.207 e. The van der Waals surface area contributed by atoms with Gasteiger partial charge in [0, 0.05) is 5.54 Å². The molecule has 0 aliphatic carbocycles. The van der Waals surface area contributed by atoms with Gasteiger partial charge in [-0.2, -0.15) is 0 Å². The van der Waals surface area contributed by atoms with E-state index < -0.39 is 15.6 Å². The topological polar surface area (TPSA) is 46.2 Å². The lowest BCUT2D eigenvalue weighted by atomic mass is 10.1. The fourth-order valence-corrected chi connectivity index (χ4v) is 3.49. The second-order valence-corrected chi connectivity index (χ2v) is 7.35. The number of aryl methyl sites for hydroxylation is 1. The minimum absolute atomic E-state index is 0.154. The molecule has 3 nitrogen and oxygen atoms in total. The summed E-state index contributed by atoms with van der Waals surface area (Å²) in [6.45, 7) is 7.01. The highest BCUT2D eigenvalue weighted by Crippen LogP contribution is 2.28. The zero-order valence-electron chi connectivity index (χ0n) is 10.1. The normalized spacial score (nSPS) is 12.8. The first-order valence-electron chi connectivity index (χ1n) is 5.02. The minimum atomic E-state index is -3.58. The van der Waals surface area contributed by atoms with E-state index in [0.717, 1.165) is 0 Å². The molecule has 0 radical (unpaired) electrons. The minimum Gasteiger partial charge on any atom is -0.207 e. The summed E-state index contributed by atoms with van der Waals surface area (Å²) >= 11 is 11.7. The first-order chi connectivity index (χ1) is 7.53. The Balaban J connectivity index is 3.30. The number of nitrogens with one attached hydrogen (secondary N) is 1. The number of halogens is 2. The Morgan fingerprint density at radius 1 is 1.12 bits per heavy atom. The summed E-state index contributed by atoms with van der Waals surface area (Å²) in [5, 5.41) is 0.574. The monoisotopic (exact) mass is 295 g/mol. The molecule has 6 heteroatoms. The van der Waals surface area contributed by atoms with Crippen molar-refractivity contribution in [2.75, 3.05) is 0 Å². The maximum Gasteiger partial charge on any atom is 0.241 e. The number of benzene rings is 1. The third-order valence-corrected chi connectivity index (χ3v) is 4.57. The standard InChI is InChI=1S/C11H15Cl2NO2S/c1-7-5-8(12)9(13)6-10(7)17(15,16)14-11(2,3)4/h5-6,14H,1-4H3. The molecule has 0 aromatic heterocycles. The van der Waals surface area contributed by atoms with Crippen LogP contribution < -0.4 is 4.72 Å². The van der Waals surface area contributed by atoms with E-state index in [-0.39, 0.29) is 9.92 Å². The van der Waals surface area contributed by atoms with Gasteiger partial charge < -0.3 is 0 Å². The predicted octanol–water partition coefficient (Wildman–Crippen LogP) is 3.38. The number of rotatable bonds is 2. The molecule has 1 N–H and O–H groups in total. The van der Waals surface area contributed by atoms with Gasteiger partial charge >= 0.3 is 0 Å². The van der Waals surface area contributed by atoms with Gasteiger partial charge in [0.15, 0.2) is 0 Å². The van der Waals surface area contributed by atoms with E-state index in [9.17, 15) is 8.42 Å². The summed E-state index contributed by atoms with van der Waals surface area (Å²) in [5.41, 5.74) is 0.0216. The zero-order chi connectivity index (χ0) is 13.4. The second-order valence-electron chi connectivity index (χ2n) is 4.89. The molecule has 96 valence electrons. The van der Waals surface area contributed by atoms with E-state index in [4.69, 9.17) is 23.2 Å². The molecule has 0 heterocycles. The highest BCUT2D eigenvalue weighted by molar-refractivity contribution is 7.89. The lowest BCUT2D eigenvalue weighted by molar-refractivity contribution is 0.491. The molecule has 0 spiro atoms. The lowest BCUT2D eigenvalue weighted by Crippen LogP contribution is -2.40. The Morgan fingerprint density at radius 3 is 2.06 bits per heavy atom. The molecule has 0 aliphatic rings. The lowest BCUT2D eigenvalue weighted by Gasteiger charge is -2.21. The van der Waals surface area contributed by atoms with Gasteiger partial charge in [0.25, 0.3) is 0 Å². The molecule has 0 unspecified atom stereocenters. The average molecular weight is 296 g/mol. The molecular weight excluding hydrogens is 281 g/mol. The Labute approximate surface area is 112 Å². The molecular formula is C11H15Cl2NO2S. The SMILES string of the molecule is Cc1cc(Cl)c(Cl)cc1S(=O)(=O)NC(C)(C)C. The Morgan fingerprint density at radius 2 is 1.59 bits per heavy atom. The summed E-state index contributed by atoms with van der Waals surface area (Å²) in [6, 6.07) is 2.91. The first-order valence-corrected chi connectivity index (χ1v) is 7.26. The highest BCUT2D eigenvalue weighted by atomic mass is 35.5. The summed E-state index contributed by atoms with van der Waals surface area (Å²) in [4.78, 5) is 0.154. The van der Waals surface area contributed by atoms with E-state index in [1.165, 1.54) is 6.07 Å². The molecule has 0 aliphatic heterocycles. The van der Waals surface area contributed by atoms with Crippen LogP contribution in [0.1, 0.15) is 26.3 Å². The molecule has 1 rings (SSSR count). The number of hydrogen-bond donors (Lipinski definition) is 1. The molecule has 17 heavy (non-hydrogen) atoms. The van der Waals surface area contributed by atoms with Crippen molar-refractivity contribution in [3.63, 3.8) is 0 Å². The Kier molecular flexibility index (Phi) is 4.14. The molecule has 1 aromatic rings. The second kappa shape index (κ2) is 4.76. The summed E-state index contributed by atoms with van der Waals surface area (Å²) in [6.07, 6.45) is 0. The van der Waals surface area contributed by atoms with Crippen LogP contribution >= 0.6 is 23.2 Å². The molecule has 0 saturated carbocycles. The summed E-state index contributed by atoms with van der Waals surface area (Å²) in [5.74, 6) is 0. The largest absolute Gasteiger partial charge is 0.241 e. The van der Waals surface area contributed by atoms with Crippen molar-refractivity contribution in [1.29, 1.82) is 0 Å². The molecule has 0 bridgehead atoms. The Hall–Kier alpha value is -0.290. The predicted molar refractivity (Wildman–Crippen MR) is 71.3 cm³/mol. The van der Waals surface area contributed by atoms with Crippen LogP contribution in [0.4, 0.5) is 0 Å². The van der Waals surface area contributed by atoms with Gasteiger partial charge in [0.05, 0.1) is 14.9 Å².